The number of fused-ring (bicyclic) bond motifs is 3. The van der Waals surface area contributed by atoms with Crippen LogP contribution in [0.25, 0.3) is 10.2 Å². The molecule has 4 rings (SSSR count). The summed E-state index contributed by atoms with van der Waals surface area (Å²) in [5, 5.41) is 1.51. The summed E-state index contributed by atoms with van der Waals surface area (Å²) >= 11 is 3.07. The van der Waals surface area contributed by atoms with Gasteiger partial charge in [0, 0.05) is 24.5 Å². The van der Waals surface area contributed by atoms with Gasteiger partial charge in [0.2, 0.25) is 5.91 Å². The minimum Gasteiger partial charge on any atom is -0.342 e. The number of hydrogen-bond acceptors (Lipinski definition) is 5. The van der Waals surface area contributed by atoms with Gasteiger partial charge in [-0.25, -0.2) is 4.98 Å². The Morgan fingerprint density at radius 3 is 2.81 bits per heavy atom. The summed E-state index contributed by atoms with van der Waals surface area (Å²) in [6.45, 7) is 6.51. The molecule has 2 aliphatic rings. The van der Waals surface area contributed by atoms with E-state index in [0.29, 0.717) is 23.4 Å². The standard InChI is InChI=1S/C19H25N3O2S2/c1-3-22-18(24)16-13-5-4-6-14(13)26-17(16)20-19(22)25-11-15(23)21-9-7-12(2)8-10-21/h12H,3-11H2,1-2H3. The summed E-state index contributed by atoms with van der Waals surface area (Å²) in [5.41, 5.74) is 1.29. The lowest BCUT2D eigenvalue weighted by Gasteiger charge is -2.30. The minimum absolute atomic E-state index is 0.0682. The highest BCUT2D eigenvalue weighted by Crippen LogP contribution is 2.35. The third-order valence-corrected chi connectivity index (χ3v) is 7.71. The van der Waals surface area contributed by atoms with Crippen molar-refractivity contribution in [2.24, 2.45) is 5.92 Å². The number of nitrogens with zero attached hydrogens (tertiary/aromatic N) is 3. The van der Waals surface area contributed by atoms with Crippen molar-refractivity contribution < 1.29 is 4.79 Å². The number of carbonyl (C=O) groups is 1. The molecule has 0 saturated carbocycles. The van der Waals surface area contributed by atoms with Crippen LogP contribution in [0.4, 0.5) is 0 Å². The molecule has 7 heteroatoms. The minimum atomic E-state index is 0.0682. The van der Waals surface area contributed by atoms with E-state index in [2.05, 4.69) is 6.92 Å². The fraction of sp³-hybridized carbons (Fsp3) is 0.632. The highest BCUT2D eigenvalue weighted by Gasteiger charge is 2.24. The van der Waals surface area contributed by atoms with Crippen molar-refractivity contribution in [3.8, 4) is 0 Å². The number of thiophene rings is 1. The molecule has 5 nitrogen and oxygen atoms in total. The fourth-order valence-electron chi connectivity index (χ4n) is 3.92. The summed E-state index contributed by atoms with van der Waals surface area (Å²) in [5.74, 6) is 1.23. The molecule has 0 N–H and O–H groups in total. The number of thioether (sulfide) groups is 1. The molecule has 0 spiro atoms. The van der Waals surface area contributed by atoms with E-state index in [1.54, 1.807) is 15.9 Å². The van der Waals surface area contributed by atoms with Gasteiger partial charge in [-0.05, 0) is 50.5 Å². The second-order valence-corrected chi connectivity index (χ2v) is 9.36. The van der Waals surface area contributed by atoms with Crippen LogP contribution in [-0.2, 0) is 24.2 Å². The van der Waals surface area contributed by atoms with Gasteiger partial charge in [-0.3, -0.25) is 14.2 Å². The molecule has 3 heterocycles. The maximum absolute atomic E-state index is 13.0. The Labute approximate surface area is 161 Å². The molecule has 0 radical (unpaired) electrons. The van der Waals surface area contributed by atoms with E-state index >= 15 is 0 Å². The summed E-state index contributed by atoms with van der Waals surface area (Å²) < 4.78 is 1.74. The Hall–Kier alpha value is -1.34. The van der Waals surface area contributed by atoms with Crippen LogP contribution in [0.3, 0.4) is 0 Å². The predicted molar refractivity (Wildman–Crippen MR) is 107 cm³/mol. The number of amides is 1. The van der Waals surface area contributed by atoms with Gasteiger partial charge in [0.15, 0.2) is 5.16 Å². The Bertz CT molecular complexity index is 894. The van der Waals surface area contributed by atoms with Gasteiger partial charge in [-0.2, -0.15) is 0 Å². The SMILES string of the molecule is CCn1c(SCC(=O)N2CCC(C)CC2)nc2sc3c(c2c1=O)CCC3. The lowest BCUT2D eigenvalue weighted by Crippen LogP contribution is -2.39. The number of aromatic nitrogens is 2. The normalized spacial score (nSPS) is 17.8. The number of carbonyl (C=O) groups excluding carboxylic acids is 1. The Kier molecular flexibility index (Phi) is 5.10. The molecule has 0 atom stereocenters. The predicted octanol–water partition coefficient (Wildman–Crippen LogP) is 3.32. The molecule has 1 amide bonds. The van der Waals surface area contributed by atoms with Crippen LogP contribution in [0.5, 0.6) is 0 Å². The Morgan fingerprint density at radius 2 is 2.08 bits per heavy atom. The monoisotopic (exact) mass is 391 g/mol. The van der Waals surface area contributed by atoms with Gasteiger partial charge in [-0.1, -0.05) is 18.7 Å². The molecular weight excluding hydrogens is 366 g/mol. The van der Waals surface area contributed by atoms with Crippen LogP contribution in [-0.4, -0.2) is 39.2 Å². The van der Waals surface area contributed by atoms with Crippen LogP contribution < -0.4 is 5.56 Å². The van der Waals surface area contributed by atoms with Gasteiger partial charge in [-0.15, -0.1) is 11.3 Å². The van der Waals surface area contributed by atoms with Crippen LogP contribution in [0.1, 0.15) is 43.6 Å². The van der Waals surface area contributed by atoms with Crippen molar-refractivity contribution in [3.63, 3.8) is 0 Å². The molecule has 2 aromatic rings. The quantitative estimate of drug-likeness (QED) is 0.593. The number of likely N-dealkylation sites (tertiary alicyclic amines) is 1. The van der Waals surface area contributed by atoms with Gasteiger partial charge in [0.25, 0.3) is 5.56 Å². The van der Waals surface area contributed by atoms with E-state index in [1.807, 2.05) is 11.8 Å². The average Bonchev–Trinajstić information content (AvgIpc) is 3.21. The highest BCUT2D eigenvalue weighted by atomic mass is 32.2. The molecule has 0 bridgehead atoms. The summed E-state index contributed by atoms with van der Waals surface area (Å²) in [4.78, 5) is 34.4. The van der Waals surface area contributed by atoms with Gasteiger partial charge < -0.3 is 4.90 Å². The second-order valence-electron chi connectivity index (χ2n) is 7.33. The molecule has 140 valence electrons. The Morgan fingerprint density at radius 1 is 1.31 bits per heavy atom. The summed E-state index contributed by atoms with van der Waals surface area (Å²) in [6.07, 6.45) is 5.37. The third-order valence-electron chi connectivity index (χ3n) is 5.57. The van der Waals surface area contributed by atoms with Crippen molar-refractivity contribution >= 4 is 39.2 Å². The molecule has 2 aromatic heterocycles. The molecule has 26 heavy (non-hydrogen) atoms. The molecular formula is C19H25N3O2S2. The summed E-state index contributed by atoms with van der Waals surface area (Å²) in [6, 6.07) is 0. The first-order valence-electron chi connectivity index (χ1n) is 9.54. The molecule has 1 aliphatic carbocycles. The molecule has 0 unspecified atom stereocenters. The van der Waals surface area contributed by atoms with Crippen LogP contribution in [0, 0.1) is 5.92 Å². The highest BCUT2D eigenvalue weighted by molar-refractivity contribution is 7.99. The van der Waals surface area contributed by atoms with Crippen molar-refractivity contribution in [3.05, 3.63) is 20.8 Å². The van der Waals surface area contributed by atoms with E-state index in [0.717, 1.165) is 55.4 Å². The number of hydrogen-bond donors (Lipinski definition) is 0. The van der Waals surface area contributed by atoms with Crippen molar-refractivity contribution in [2.75, 3.05) is 18.8 Å². The zero-order valence-corrected chi connectivity index (χ0v) is 17.0. The van der Waals surface area contributed by atoms with E-state index in [4.69, 9.17) is 4.98 Å². The first-order chi connectivity index (χ1) is 12.6. The van der Waals surface area contributed by atoms with E-state index in [9.17, 15) is 9.59 Å². The maximum Gasteiger partial charge on any atom is 0.263 e. The van der Waals surface area contributed by atoms with Crippen molar-refractivity contribution in [1.29, 1.82) is 0 Å². The smallest absolute Gasteiger partial charge is 0.263 e. The first kappa shape index (κ1) is 18.0. The summed E-state index contributed by atoms with van der Waals surface area (Å²) in [7, 11) is 0. The topological polar surface area (TPSA) is 55.2 Å². The zero-order chi connectivity index (χ0) is 18.3. The first-order valence-corrected chi connectivity index (χ1v) is 11.3. The van der Waals surface area contributed by atoms with Crippen molar-refractivity contribution in [2.45, 2.75) is 57.7 Å². The van der Waals surface area contributed by atoms with Gasteiger partial charge in [0.1, 0.15) is 4.83 Å². The number of piperidine rings is 1. The van der Waals surface area contributed by atoms with Gasteiger partial charge >= 0.3 is 0 Å². The maximum atomic E-state index is 13.0. The average molecular weight is 392 g/mol. The fourth-order valence-corrected chi connectivity index (χ4v) is 6.19. The van der Waals surface area contributed by atoms with Crippen LogP contribution >= 0.6 is 23.1 Å². The lowest BCUT2D eigenvalue weighted by atomic mass is 9.99. The van der Waals surface area contributed by atoms with Crippen LogP contribution in [0.2, 0.25) is 0 Å². The molecule has 1 fully saturated rings. The zero-order valence-electron chi connectivity index (χ0n) is 15.4. The van der Waals surface area contributed by atoms with Crippen molar-refractivity contribution in [1.82, 2.24) is 14.5 Å². The molecule has 1 aliphatic heterocycles. The number of rotatable bonds is 4. The van der Waals surface area contributed by atoms with E-state index in [-0.39, 0.29) is 11.5 Å². The molecule has 0 aromatic carbocycles. The van der Waals surface area contributed by atoms with E-state index < -0.39 is 0 Å². The van der Waals surface area contributed by atoms with Crippen LogP contribution in [0.15, 0.2) is 9.95 Å². The lowest BCUT2D eigenvalue weighted by molar-refractivity contribution is -0.129. The van der Waals surface area contributed by atoms with E-state index in [1.165, 1.54) is 22.2 Å². The second kappa shape index (κ2) is 7.35. The molecule has 1 saturated heterocycles. The number of aryl methyl sites for hydroxylation is 2. The van der Waals surface area contributed by atoms with Gasteiger partial charge in [0.05, 0.1) is 11.1 Å². The third kappa shape index (κ3) is 3.20. The largest absolute Gasteiger partial charge is 0.342 e. The Balaban J connectivity index is 1.56.